The van der Waals surface area contributed by atoms with Gasteiger partial charge < -0.3 is 10.0 Å². The first kappa shape index (κ1) is 15.8. The molecular formula is C15H19BrClNO2. The number of aliphatic hydroxyl groups is 1. The molecular weight excluding hydrogens is 342 g/mol. The maximum atomic E-state index is 12.7. The molecule has 0 saturated heterocycles. The lowest BCUT2D eigenvalue weighted by atomic mass is 9.93. The van der Waals surface area contributed by atoms with Crippen LogP contribution in [0.2, 0.25) is 5.02 Å². The summed E-state index contributed by atoms with van der Waals surface area (Å²) in [5.41, 5.74) is 0.508. The van der Waals surface area contributed by atoms with Crippen molar-refractivity contribution in [3.05, 3.63) is 33.3 Å². The predicted molar refractivity (Wildman–Crippen MR) is 84.1 cm³/mol. The Morgan fingerprint density at radius 1 is 1.35 bits per heavy atom. The topological polar surface area (TPSA) is 40.5 Å². The second kappa shape index (κ2) is 7.43. The zero-order chi connectivity index (χ0) is 14.5. The molecule has 1 aromatic carbocycles. The van der Waals surface area contributed by atoms with Gasteiger partial charge in [0.15, 0.2) is 0 Å². The van der Waals surface area contributed by atoms with Gasteiger partial charge in [0.25, 0.3) is 5.91 Å². The summed E-state index contributed by atoms with van der Waals surface area (Å²) in [7, 11) is 0. The molecule has 0 bridgehead atoms. The number of carbonyl (C=O) groups is 1. The Morgan fingerprint density at radius 3 is 2.65 bits per heavy atom. The van der Waals surface area contributed by atoms with E-state index in [2.05, 4.69) is 15.9 Å². The van der Waals surface area contributed by atoms with Gasteiger partial charge in [-0.2, -0.15) is 0 Å². The number of hydrogen-bond donors (Lipinski definition) is 1. The average Bonchev–Trinajstić information content (AvgIpc) is 2.45. The molecule has 1 amide bonds. The molecule has 0 aromatic heterocycles. The Bertz CT molecular complexity index is 475. The van der Waals surface area contributed by atoms with Crippen LogP contribution in [0.15, 0.2) is 22.7 Å². The van der Waals surface area contributed by atoms with Crippen LogP contribution in [0.3, 0.4) is 0 Å². The molecule has 20 heavy (non-hydrogen) atoms. The summed E-state index contributed by atoms with van der Waals surface area (Å²) in [6.45, 7) is 0.353. The second-order valence-electron chi connectivity index (χ2n) is 5.14. The van der Waals surface area contributed by atoms with Gasteiger partial charge in [0.1, 0.15) is 0 Å². The molecule has 0 unspecified atom stereocenters. The summed E-state index contributed by atoms with van der Waals surface area (Å²) >= 11 is 9.51. The lowest BCUT2D eigenvalue weighted by Gasteiger charge is -2.34. The van der Waals surface area contributed by atoms with Crippen LogP contribution < -0.4 is 0 Å². The van der Waals surface area contributed by atoms with E-state index in [0.29, 0.717) is 17.1 Å². The van der Waals surface area contributed by atoms with E-state index in [9.17, 15) is 9.90 Å². The molecule has 1 aromatic rings. The zero-order valence-corrected chi connectivity index (χ0v) is 13.7. The van der Waals surface area contributed by atoms with Crippen LogP contribution in [0.4, 0.5) is 0 Å². The number of aliphatic hydroxyl groups excluding tert-OH is 1. The molecule has 0 aliphatic heterocycles. The average molecular weight is 361 g/mol. The third-order valence-corrected chi connectivity index (χ3v) is 4.58. The van der Waals surface area contributed by atoms with Crippen molar-refractivity contribution in [3.63, 3.8) is 0 Å². The van der Waals surface area contributed by atoms with Crippen molar-refractivity contribution in [2.75, 3.05) is 13.2 Å². The second-order valence-corrected chi connectivity index (χ2v) is 6.46. The number of carbonyl (C=O) groups excluding carboxylic acids is 1. The van der Waals surface area contributed by atoms with E-state index >= 15 is 0 Å². The Hall–Kier alpha value is -0.580. The fraction of sp³-hybridized carbons (Fsp3) is 0.533. The van der Waals surface area contributed by atoms with E-state index in [4.69, 9.17) is 11.6 Å². The molecule has 1 aliphatic rings. The number of amides is 1. The molecule has 5 heteroatoms. The summed E-state index contributed by atoms with van der Waals surface area (Å²) in [5.74, 6) is -0.0801. The highest BCUT2D eigenvalue weighted by molar-refractivity contribution is 9.10. The molecule has 1 aliphatic carbocycles. The lowest BCUT2D eigenvalue weighted by Crippen LogP contribution is -2.43. The molecule has 0 heterocycles. The highest BCUT2D eigenvalue weighted by Gasteiger charge is 2.26. The maximum Gasteiger partial charge on any atom is 0.255 e. The molecule has 1 saturated carbocycles. The van der Waals surface area contributed by atoms with Crippen molar-refractivity contribution >= 4 is 33.4 Å². The quantitative estimate of drug-likeness (QED) is 0.885. The smallest absolute Gasteiger partial charge is 0.255 e. The number of benzene rings is 1. The molecule has 0 spiro atoms. The van der Waals surface area contributed by atoms with Crippen molar-refractivity contribution in [1.82, 2.24) is 4.90 Å². The number of halogens is 2. The Balaban J connectivity index is 2.21. The van der Waals surface area contributed by atoms with Crippen LogP contribution in [-0.2, 0) is 0 Å². The van der Waals surface area contributed by atoms with E-state index in [-0.39, 0.29) is 18.6 Å². The highest BCUT2D eigenvalue weighted by Crippen LogP contribution is 2.27. The fourth-order valence-electron chi connectivity index (χ4n) is 2.77. The summed E-state index contributed by atoms with van der Waals surface area (Å²) in [4.78, 5) is 14.5. The van der Waals surface area contributed by atoms with Crippen molar-refractivity contribution in [2.24, 2.45) is 0 Å². The SMILES string of the molecule is O=C(c1ccc(Br)cc1Cl)N(CCO)C1CCCCC1. The summed E-state index contributed by atoms with van der Waals surface area (Å²) in [6, 6.07) is 5.51. The Morgan fingerprint density at radius 2 is 2.05 bits per heavy atom. The van der Waals surface area contributed by atoms with Crippen molar-refractivity contribution < 1.29 is 9.90 Å². The number of nitrogens with zero attached hydrogens (tertiary/aromatic N) is 1. The van der Waals surface area contributed by atoms with Gasteiger partial charge in [-0.15, -0.1) is 0 Å². The van der Waals surface area contributed by atoms with Gasteiger partial charge in [-0.1, -0.05) is 46.8 Å². The summed E-state index contributed by atoms with van der Waals surface area (Å²) in [6.07, 6.45) is 5.55. The van der Waals surface area contributed by atoms with Crippen LogP contribution in [-0.4, -0.2) is 35.1 Å². The van der Waals surface area contributed by atoms with Crippen LogP contribution in [0.5, 0.6) is 0 Å². The predicted octanol–water partition coefficient (Wildman–Crippen LogP) is 3.87. The first-order valence-corrected chi connectivity index (χ1v) is 8.17. The first-order valence-electron chi connectivity index (χ1n) is 7.00. The standard InChI is InChI=1S/C15H19BrClNO2/c16-11-6-7-13(14(17)10-11)15(20)18(8-9-19)12-4-2-1-3-5-12/h6-7,10,12,19H,1-5,8-9H2. The van der Waals surface area contributed by atoms with Crippen LogP contribution in [0.25, 0.3) is 0 Å². The van der Waals surface area contributed by atoms with Gasteiger partial charge in [0.2, 0.25) is 0 Å². The van der Waals surface area contributed by atoms with E-state index in [0.717, 1.165) is 30.2 Å². The molecule has 1 N–H and O–H groups in total. The van der Waals surface area contributed by atoms with E-state index in [1.807, 2.05) is 6.07 Å². The van der Waals surface area contributed by atoms with Crippen molar-refractivity contribution in [3.8, 4) is 0 Å². The van der Waals surface area contributed by atoms with Crippen molar-refractivity contribution in [2.45, 2.75) is 38.1 Å². The van der Waals surface area contributed by atoms with Gasteiger partial charge in [-0.25, -0.2) is 0 Å². The highest BCUT2D eigenvalue weighted by atomic mass is 79.9. The fourth-order valence-corrected chi connectivity index (χ4v) is 3.52. The molecule has 0 atom stereocenters. The number of hydrogen-bond acceptors (Lipinski definition) is 2. The minimum absolute atomic E-state index is 0.0175. The zero-order valence-electron chi connectivity index (χ0n) is 11.3. The monoisotopic (exact) mass is 359 g/mol. The van der Waals surface area contributed by atoms with E-state index in [1.54, 1.807) is 17.0 Å². The Kier molecular flexibility index (Phi) is 5.87. The Labute approximate surface area is 133 Å². The third-order valence-electron chi connectivity index (χ3n) is 3.78. The van der Waals surface area contributed by atoms with Crippen LogP contribution >= 0.6 is 27.5 Å². The lowest BCUT2D eigenvalue weighted by molar-refractivity contribution is 0.0585. The molecule has 110 valence electrons. The van der Waals surface area contributed by atoms with Gasteiger partial charge in [0, 0.05) is 17.1 Å². The summed E-state index contributed by atoms with van der Waals surface area (Å²) in [5, 5.41) is 9.69. The minimum atomic E-state index is -0.0801. The van der Waals surface area contributed by atoms with Gasteiger partial charge in [-0.3, -0.25) is 4.79 Å². The number of rotatable bonds is 4. The molecule has 1 fully saturated rings. The van der Waals surface area contributed by atoms with Crippen LogP contribution in [0, 0.1) is 0 Å². The first-order chi connectivity index (χ1) is 9.63. The maximum absolute atomic E-state index is 12.7. The minimum Gasteiger partial charge on any atom is -0.395 e. The largest absolute Gasteiger partial charge is 0.395 e. The van der Waals surface area contributed by atoms with Crippen molar-refractivity contribution in [1.29, 1.82) is 0 Å². The normalized spacial score (nSPS) is 16.1. The third kappa shape index (κ3) is 3.74. The van der Waals surface area contributed by atoms with E-state index in [1.165, 1.54) is 6.42 Å². The summed E-state index contributed by atoms with van der Waals surface area (Å²) < 4.78 is 0.852. The van der Waals surface area contributed by atoms with Crippen LogP contribution in [0.1, 0.15) is 42.5 Å². The molecule has 0 radical (unpaired) electrons. The van der Waals surface area contributed by atoms with Gasteiger partial charge in [-0.05, 0) is 31.0 Å². The van der Waals surface area contributed by atoms with Gasteiger partial charge >= 0.3 is 0 Å². The molecule has 3 nitrogen and oxygen atoms in total. The van der Waals surface area contributed by atoms with Gasteiger partial charge in [0.05, 0.1) is 17.2 Å². The molecule has 2 rings (SSSR count). The van der Waals surface area contributed by atoms with E-state index < -0.39 is 0 Å².